The van der Waals surface area contributed by atoms with Crippen LogP contribution in [0, 0.1) is 17.0 Å². The summed E-state index contributed by atoms with van der Waals surface area (Å²) >= 11 is 0. The molecule has 0 unspecified atom stereocenters. The quantitative estimate of drug-likeness (QED) is 0.664. The number of rotatable bonds is 5. The molecule has 2 aromatic rings. The topological polar surface area (TPSA) is 110 Å². The van der Waals surface area contributed by atoms with Crippen molar-refractivity contribution in [1.29, 1.82) is 0 Å². The van der Waals surface area contributed by atoms with Crippen LogP contribution in [0.4, 0.5) is 11.5 Å². The van der Waals surface area contributed by atoms with Gasteiger partial charge in [0.05, 0.1) is 11.2 Å². The van der Waals surface area contributed by atoms with Crippen molar-refractivity contribution in [3.05, 3.63) is 51.6 Å². The number of hydrogen-bond acceptors (Lipinski definition) is 6. The van der Waals surface area contributed by atoms with Crippen LogP contribution in [0.15, 0.2) is 29.0 Å². The molecule has 21 heavy (non-hydrogen) atoms. The lowest BCUT2D eigenvalue weighted by Gasteiger charge is -2.17. The highest BCUT2D eigenvalue weighted by Gasteiger charge is 2.22. The number of furan rings is 1. The first kappa shape index (κ1) is 14.5. The van der Waals surface area contributed by atoms with E-state index in [-0.39, 0.29) is 5.56 Å². The first-order chi connectivity index (χ1) is 9.90. The monoisotopic (exact) mass is 291 g/mol. The standard InChI is InChI=1S/C13H13N3O5/c1-8-9(3-4-21-8)7-15(2)12-5-10(13(17)18)11(6-14-12)16(19)20/h3-6H,7H2,1-2H3,(H,17,18). The maximum absolute atomic E-state index is 11.1. The molecule has 0 aliphatic heterocycles. The SMILES string of the molecule is Cc1occc1CN(C)c1cc(C(=O)O)c([N+](=O)[O-])cn1. The molecule has 8 heteroatoms. The van der Waals surface area contributed by atoms with E-state index in [2.05, 4.69) is 4.98 Å². The highest BCUT2D eigenvalue weighted by molar-refractivity contribution is 5.93. The van der Waals surface area contributed by atoms with Crippen molar-refractivity contribution in [1.82, 2.24) is 4.98 Å². The van der Waals surface area contributed by atoms with Crippen LogP contribution in [-0.2, 0) is 6.54 Å². The normalized spacial score (nSPS) is 10.4. The van der Waals surface area contributed by atoms with Crippen LogP contribution < -0.4 is 4.90 Å². The number of aryl methyl sites for hydroxylation is 1. The summed E-state index contributed by atoms with van der Waals surface area (Å²) in [7, 11) is 1.71. The Kier molecular flexibility index (Phi) is 3.88. The predicted molar refractivity (Wildman–Crippen MR) is 73.4 cm³/mol. The molecule has 2 heterocycles. The molecular formula is C13H13N3O5. The average molecular weight is 291 g/mol. The molecule has 0 atom stereocenters. The Morgan fingerprint density at radius 2 is 2.29 bits per heavy atom. The molecule has 1 N–H and O–H groups in total. The van der Waals surface area contributed by atoms with Crippen LogP contribution >= 0.6 is 0 Å². The Morgan fingerprint density at radius 3 is 2.81 bits per heavy atom. The summed E-state index contributed by atoms with van der Waals surface area (Å²) in [6, 6.07) is 2.99. The molecule has 2 rings (SSSR count). The van der Waals surface area contributed by atoms with Gasteiger partial charge in [0.2, 0.25) is 0 Å². The van der Waals surface area contributed by atoms with Crippen molar-refractivity contribution in [2.75, 3.05) is 11.9 Å². The lowest BCUT2D eigenvalue weighted by molar-refractivity contribution is -0.385. The molecule has 2 aromatic heterocycles. The van der Waals surface area contributed by atoms with E-state index < -0.39 is 16.6 Å². The van der Waals surface area contributed by atoms with Crippen molar-refractivity contribution in [3.8, 4) is 0 Å². The minimum atomic E-state index is -1.36. The van der Waals surface area contributed by atoms with E-state index in [4.69, 9.17) is 9.52 Å². The Balaban J connectivity index is 2.32. The number of hydrogen-bond donors (Lipinski definition) is 1. The fourth-order valence-electron chi connectivity index (χ4n) is 1.87. The number of aromatic carboxylic acids is 1. The zero-order valence-corrected chi connectivity index (χ0v) is 11.4. The summed E-state index contributed by atoms with van der Waals surface area (Å²) in [6.45, 7) is 2.27. The minimum absolute atomic E-state index is 0.332. The van der Waals surface area contributed by atoms with Crippen LogP contribution in [0.2, 0.25) is 0 Å². The fourth-order valence-corrected chi connectivity index (χ4v) is 1.87. The first-order valence-corrected chi connectivity index (χ1v) is 6.02. The lowest BCUT2D eigenvalue weighted by Crippen LogP contribution is -2.18. The Bertz CT molecular complexity index is 695. The average Bonchev–Trinajstić information content (AvgIpc) is 2.83. The Labute approximate surface area is 119 Å². The van der Waals surface area contributed by atoms with Gasteiger partial charge in [-0.2, -0.15) is 0 Å². The number of pyridine rings is 1. The van der Waals surface area contributed by atoms with Crippen molar-refractivity contribution >= 4 is 17.5 Å². The molecule has 0 spiro atoms. The van der Waals surface area contributed by atoms with E-state index in [1.54, 1.807) is 24.3 Å². The number of carboxylic acids is 1. The van der Waals surface area contributed by atoms with Gasteiger partial charge in [-0.3, -0.25) is 10.1 Å². The van der Waals surface area contributed by atoms with Crippen molar-refractivity contribution in [3.63, 3.8) is 0 Å². The van der Waals surface area contributed by atoms with Crippen LogP contribution in [-0.4, -0.2) is 28.0 Å². The molecule has 0 amide bonds. The zero-order chi connectivity index (χ0) is 15.6. The van der Waals surface area contributed by atoms with E-state index in [1.165, 1.54) is 6.07 Å². The summed E-state index contributed by atoms with van der Waals surface area (Å²) in [6.07, 6.45) is 2.52. The molecule has 0 fully saturated rings. The van der Waals surface area contributed by atoms with Gasteiger partial charge in [0, 0.05) is 25.2 Å². The second kappa shape index (κ2) is 5.61. The number of aromatic nitrogens is 1. The highest BCUT2D eigenvalue weighted by Crippen LogP contribution is 2.23. The van der Waals surface area contributed by atoms with E-state index in [0.717, 1.165) is 17.5 Å². The summed E-state index contributed by atoms with van der Waals surface area (Å²) in [5, 5.41) is 19.8. The third-order valence-electron chi connectivity index (χ3n) is 3.06. The van der Waals surface area contributed by atoms with Gasteiger partial charge in [0.15, 0.2) is 0 Å². The molecule has 0 bridgehead atoms. The molecule has 0 saturated carbocycles. The van der Waals surface area contributed by atoms with E-state index in [1.807, 2.05) is 6.92 Å². The second-order valence-electron chi connectivity index (χ2n) is 4.48. The number of carbonyl (C=O) groups is 1. The number of anilines is 1. The molecule has 0 aliphatic rings. The van der Waals surface area contributed by atoms with Crippen molar-refractivity contribution < 1.29 is 19.2 Å². The molecular weight excluding hydrogens is 278 g/mol. The maximum atomic E-state index is 11.1. The third kappa shape index (κ3) is 2.99. The van der Waals surface area contributed by atoms with Gasteiger partial charge in [-0.25, -0.2) is 9.78 Å². The third-order valence-corrected chi connectivity index (χ3v) is 3.06. The van der Waals surface area contributed by atoms with E-state index in [0.29, 0.717) is 12.4 Å². The first-order valence-electron chi connectivity index (χ1n) is 6.02. The molecule has 0 aliphatic carbocycles. The molecule has 8 nitrogen and oxygen atoms in total. The van der Waals surface area contributed by atoms with Gasteiger partial charge < -0.3 is 14.4 Å². The predicted octanol–water partition coefficient (Wildman–Crippen LogP) is 2.23. The van der Waals surface area contributed by atoms with Crippen LogP contribution in [0.3, 0.4) is 0 Å². The second-order valence-corrected chi connectivity index (χ2v) is 4.48. The van der Waals surface area contributed by atoms with Gasteiger partial charge in [-0.05, 0) is 13.0 Å². The lowest BCUT2D eigenvalue weighted by atomic mass is 10.2. The maximum Gasteiger partial charge on any atom is 0.342 e. The van der Waals surface area contributed by atoms with Crippen LogP contribution in [0.1, 0.15) is 21.7 Å². The van der Waals surface area contributed by atoms with Gasteiger partial charge in [-0.1, -0.05) is 0 Å². The van der Waals surface area contributed by atoms with E-state index in [9.17, 15) is 14.9 Å². The smallest absolute Gasteiger partial charge is 0.342 e. The molecule has 0 saturated heterocycles. The number of carboxylic acid groups (broad SMARTS) is 1. The molecule has 0 aromatic carbocycles. The largest absolute Gasteiger partial charge is 0.477 e. The minimum Gasteiger partial charge on any atom is -0.477 e. The van der Waals surface area contributed by atoms with Gasteiger partial charge >= 0.3 is 11.7 Å². The number of nitro groups is 1. The van der Waals surface area contributed by atoms with Gasteiger partial charge in [-0.15, -0.1) is 0 Å². The van der Waals surface area contributed by atoms with E-state index >= 15 is 0 Å². The van der Waals surface area contributed by atoms with Crippen LogP contribution in [0.5, 0.6) is 0 Å². The summed E-state index contributed by atoms with van der Waals surface area (Å²) in [5.74, 6) is -0.279. The van der Waals surface area contributed by atoms with Gasteiger partial charge in [0.25, 0.3) is 0 Å². The van der Waals surface area contributed by atoms with Gasteiger partial charge in [0.1, 0.15) is 23.3 Å². The Hall–Kier alpha value is -2.90. The van der Waals surface area contributed by atoms with Crippen molar-refractivity contribution in [2.45, 2.75) is 13.5 Å². The zero-order valence-electron chi connectivity index (χ0n) is 11.4. The summed E-state index contributed by atoms with van der Waals surface area (Å²) < 4.78 is 5.18. The van der Waals surface area contributed by atoms with Crippen molar-refractivity contribution in [2.24, 2.45) is 0 Å². The molecule has 110 valence electrons. The fraction of sp³-hybridized carbons (Fsp3) is 0.231. The van der Waals surface area contributed by atoms with Crippen LogP contribution in [0.25, 0.3) is 0 Å². The summed E-state index contributed by atoms with van der Waals surface area (Å²) in [5.41, 5.74) is 0.00874. The molecule has 0 radical (unpaired) electrons. The Morgan fingerprint density at radius 1 is 1.57 bits per heavy atom. The highest BCUT2D eigenvalue weighted by atomic mass is 16.6. The number of nitrogens with zero attached hydrogens (tertiary/aromatic N) is 3. The summed E-state index contributed by atoms with van der Waals surface area (Å²) in [4.78, 5) is 26.8.